The van der Waals surface area contributed by atoms with Gasteiger partial charge in [0.25, 0.3) is 0 Å². The minimum absolute atomic E-state index is 0.0661. The summed E-state index contributed by atoms with van der Waals surface area (Å²) in [7, 11) is 0. The highest BCUT2D eigenvalue weighted by Crippen LogP contribution is 2.30. The lowest BCUT2D eigenvalue weighted by molar-refractivity contribution is 0.138. The summed E-state index contributed by atoms with van der Waals surface area (Å²) in [6, 6.07) is 20.0. The van der Waals surface area contributed by atoms with E-state index in [-0.39, 0.29) is 6.04 Å². The lowest BCUT2D eigenvalue weighted by Crippen LogP contribution is -2.45. The first-order chi connectivity index (χ1) is 11.1. The highest BCUT2D eigenvalue weighted by atomic mass is 16.4. The van der Waals surface area contributed by atoms with Crippen LogP contribution in [-0.4, -0.2) is 34.2 Å². The first-order valence-corrected chi connectivity index (χ1v) is 7.92. The lowest BCUT2D eigenvalue weighted by atomic mass is 9.88. The van der Waals surface area contributed by atoms with Crippen LogP contribution in [0.15, 0.2) is 60.7 Å². The molecule has 23 heavy (non-hydrogen) atoms. The molecule has 0 aromatic heterocycles. The molecular formula is C19H22N2O2. The minimum atomic E-state index is -0.883. The summed E-state index contributed by atoms with van der Waals surface area (Å²) in [6.07, 6.45) is 1.21. The Balaban J connectivity index is 1.76. The van der Waals surface area contributed by atoms with E-state index < -0.39 is 11.6 Å². The van der Waals surface area contributed by atoms with Crippen molar-refractivity contribution in [2.75, 3.05) is 6.54 Å². The van der Waals surface area contributed by atoms with E-state index in [4.69, 9.17) is 5.73 Å². The molecule has 1 saturated heterocycles. The Morgan fingerprint density at radius 3 is 2.22 bits per heavy atom. The monoisotopic (exact) mass is 310 g/mol. The number of carbonyl (C=O) groups is 1. The smallest absolute Gasteiger partial charge is 0.407 e. The van der Waals surface area contributed by atoms with Gasteiger partial charge in [-0.2, -0.15) is 0 Å². The van der Waals surface area contributed by atoms with Crippen molar-refractivity contribution >= 4 is 6.09 Å². The van der Waals surface area contributed by atoms with Gasteiger partial charge >= 0.3 is 6.09 Å². The zero-order valence-corrected chi connectivity index (χ0v) is 13.1. The molecule has 0 aliphatic carbocycles. The Bertz CT molecular complexity index is 660. The number of likely N-dealkylation sites (tertiary alicyclic amines) is 1. The molecule has 1 heterocycles. The van der Waals surface area contributed by atoms with Crippen molar-refractivity contribution in [1.82, 2.24) is 4.90 Å². The average molecular weight is 310 g/mol. The summed E-state index contributed by atoms with van der Waals surface area (Å²) in [6.45, 7) is 0.384. The summed E-state index contributed by atoms with van der Waals surface area (Å²) in [5.41, 5.74) is 8.36. The third kappa shape index (κ3) is 3.71. The molecular weight excluding hydrogens is 288 g/mol. The van der Waals surface area contributed by atoms with Crippen LogP contribution in [0, 0.1) is 0 Å². The van der Waals surface area contributed by atoms with Crippen LogP contribution in [0.2, 0.25) is 0 Å². The van der Waals surface area contributed by atoms with Gasteiger partial charge in [0.1, 0.15) is 0 Å². The molecule has 0 bridgehead atoms. The van der Waals surface area contributed by atoms with Gasteiger partial charge < -0.3 is 15.7 Å². The van der Waals surface area contributed by atoms with Crippen molar-refractivity contribution in [3.8, 4) is 0 Å². The van der Waals surface area contributed by atoms with E-state index in [9.17, 15) is 9.90 Å². The molecule has 0 radical (unpaired) electrons. The Labute approximate surface area is 136 Å². The summed E-state index contributed by atoms with van der Waals surface area (Å²) in [5, 5.41) is 9.53. The molecule has 2 aromatic rings. The maximum absolute atomic E-state index is 11.6. The number of hydrogen-bond donors (Lipinski definition) is 2. The normalized spacial score (nSPS) is 23.9. The fourth-order valence-corrected chi connectivity index (χ4v) is 3.54. The van der Waals surface area contributed by atoms with E-state index in [0.29, 0.717) is 25.8 Å². The van der Waals surface area contributed by atoms with Crippen LogP contribution in [0.5, 0.6) is 0 Å². The molecule has 1 amide bonds. The number of amides is 1. The van der Waals surface area contributed by atoms with Gasteiger partial charge in [0.05, 0.1) is 0 Å². The van der Waals surface area contributed by atoms with Gasteiger partial charge in [0.2, 0.25) is 0 Å². The van der Waals surface area contributed by atoms with Crippen molar-refractivity contribution in [3.63, 3.8) is 0 Å². The van der Waals surface area contributed by atoms with Crippen LogP contribution in [0.1, 0.15) is 17.5 Å². The molecule has 120 valence electrons. The number of nitrogens with two attached hydrogens (primary N) is 1. The molecule has 4 nitrogen and oxygen atoms in total. The van der Waals surface area contributed by atoms with Crippen molar-refractivity contribution < 1.29 is 9.90 Å². The van der Waals surface area contributed by atoms with Crippen molar-refractivity contribution in [1.29, 1.82) is 0 Å². The van der Waals surface area contributed by atoms with Gasteiger partial charge in [-0.25, -0.2) is 4.79 Å². The van der Waals surface area contributed by atoms with Crippen molar-refractivity contribution in [3.05, 3.63) is 71.8 Å². The van der Waals surface area contributed by atoms with Crippen LogP contribution in [0.4, 0.5) is 4.79 Å². The largest absolute Gasteiger partial charge is 0.465 e. The molecule has 1 fully saturated rings. The number of nitrogens with zero attached hydrogens (tertiary/aromatic N) is 1. The molecule has 0 saturated carbocycles. The van der Waals surface area contributed by atoms with E-state index >= 15 is 0 Å². The van der Waals surface area contributed by atoms with E-state index in [1.165, 1.54) is 4.90 Å². The third-order valence-electron chi connectivity index (χ3n) is 4.53. The van der Waals surface area contributed by atoms with Gasteiger partial charge in [0.15, 0.2) is 0 Å². The summed E-state index contributed by atoms with van der Waals surface area (Å²) < 4.78 is 0. The van der Waals surface area contributed by atoms with Crippen molar-refractivity contribution in [2.24, 2.45) is 5.73 Å². The second-order valence-corrected chi connectivity index (χ2v) is 6.48. The van der Waals surface area contributed by atoms with Crippen LogP contribution < -0.4 is 5.73 Å². The average Bonchev–Trinajstić information content (AvgIpc) is 2.86. The van der Waals surface area contributed by atoms with Crippen molar-refractivity contribution in [2.45, 2.75) is 30.8 Å². The zero-order valence-electron chi connectivity index (χ0n) is 13.1. The molecule has 1 aliphatic heterocycles. The number of rotatable bonds is 4. The number of benzene rings is 2. The van der Waals surface area contributed by atoms with E-state index in [0.717, 1.165) is 11.1 Å². The Morgan fingerprint density at radius 2 is 1.65 bits per heavy atom. The second-order valence-electron chi connectivity index (χ2n) is 6.48. The second kappa shape index (κ2) is 6.42. The van der Waals surface area contributed by atoms with Crippen LogP contribution in [-0.2, 0) is 12.8 Å². The molecule has 3 N–H and O–H groups in total. The SMILES string of the molecule is NC1(Cc2ccccc2)CC(Cc2ccccc2)N(C(=O)O)C1. The van der Waals surface area contributed by atoms with Gasteiger partial charge in [-0.05, 0) is 30.4 Å². The maximum atomic E-state index is 11.6. The molecule has 4 heteroatoms. The van der Waals surface area contributed by atoms with Gasteiger partial charge in [-0.1, -0.05) is 60.7 Å². The molecule has 2 aromatic carbocycles. The molecule has 0 spiro atoms. The minimum Gasteiger partial charge on any atom is -0.465 e. The summed E-state index contributed by atoms with van der Waals surface area (Å²) in [4.78, 5) is 13.1. The van der Waals surface area contributed by atoms with Gasteiger partial charge in [-0.15, -0.1) is 0 Å². The first kappa shape index (κ1) is 15.6. The fourth-order valence-electron chi connectivity index (χ4n) is 3.54. The Morgan fingerprint density at radius 1 is 1.09 bits per heavy atom. The fraction of sp³-hybridized carbons (Fsp3) is 0.316. The van der Waals surface area contributed by atoms with E-state index in [1.54, 1.807) is 0 Å². The Kier molecular flexibility index (Phi) is 4.35. The Hall–Kier alpha value is -2.33. The predicted molar refractivity (Wildman–Crippen MR) is 90.3 cm³/mol. The maximum Gasteiger partial charge on any atom is 0.407 e. The summed E-state index contributed by atoms with van der Waals surface area (Å²) in [5.74, 6) is 0. The highest BCUT2D eigenvalue weighted by molar-refractivity contribution is 5.66. The first-order valence-electron chi connectivity index (χ1n) is 7.92. The van der Waals surface area contributed by atoms with Gasteiger partial charge in [-0.3, -0.25) is 0 Å². The quantitative estimate of drug-likeness (QED) is 0.912. The van der Waals surface area contributed by atoms with E-state index in [1.807, 2.05) is 60.7 Å². The van der Waals surface area contributed by atoms with E-state index in [2.05, 4.69) is 0 Å². The topological polar surface area (TPSA) is 66.6 Å². The molecule has 2 unspecified atom stereocenters. The van der Waals surface area contributed by atoms with Crippen LogP contribution in [0.3, 0.4) is 0 Å². The lowest BCUT2D eigenvalue weighted by Gasteiger charge is -2.23. The third-order valence-corrected chi connectivity index (χ3v) is 4.53. The van der Waals surface area contributed by atoms with Gasteiger partial charge in [0, 0.05) is 18.1 Å². The van der Waals surface area contributed by atoms with Crippen LogP contribution in [0.25, 0.3) is 0 Å². The number of hydrogen-bond acceptors (Lipinski definition) is 2. The standard InChI is InChI=1S/C19H22N2O2/c20-19(12-16-9-5-2-6-10-16)13-17(21(14-19)18(22)23)11-15-7-3-1-4-8-15/h1-10,17H,11-14,20H2,(H,22,23). The summed E-state index contributed by atoms with van der Waals surface area (Å²) >= 11 is 0. The highest BCUT2D eigenvalue weighted by Gasteiger charge is 2.43. The molecule has 3 rings (SSSR count). The predicted octanol–water partition coefficient (Wildman–Crippen LogP) is 2.92. The zero-order chi connectivity index (χ0) is 16.3. The molecule has 2 atom stereocenters. The van der Waals surface area contributed by atoms with Crippen LogP contribution >= 0.6 is 0 Å². The number of carboxylic acid groups (broad SMARTS) is 1. The molecule has 1 aliphatic rings.